The summed E-state index contributed by atoms with van der Waals surface area (Å²) < 4.78 is 0. The molecule has 95 heavy (non-hydrogen) atoms. The first-order chi connectivity index (χ1) is 46.7. The van der Waals surface area contributed by atoms with Crippen molar-refractivity contribution in [3.05, 3.63) is 71.8 Å². The fourth-order valence-electron chi connectivity index (χ4n) is 13.8. The fraction of sp³-hybridized carbons (Fsp3) is 0.783. The molecule has 0 atom stereocenters. The number of allylic oxidation sites excluding steroid dienone is 2. The molecule has 0 aliphatic carbocycles. The van der Waals surface area contributed by atoms with Crippen LogP contribution in [0.4, 0.5) is 11.4 Å². The summed E-state index contributed by atoms with van der Waals surface area (Å²) in [5.74, 6) is 14.2. The van der Waals surface area contributed by atoms with Crippen LogP contribution in [0.25, 0.3) is 0 Å². The van der Waals surface area contributed by atoms with E-state index in [2.05, 4.69) is 112 Å². The summed E-state index contributed by atoms with van der Waals surface area (Å²) in [6.07, 6.45) is 96.5. The monoisotopic (exact) mass is 1350 g/mol. The molecule has 2 rings (SSSR count). The smallest absolute Gasteiger partial charge is 0.251 e. The molecule has 0 spiro atoms. The van der Waals surface area contributed by atoms with E-state index in [1.165, 1.54) is 390 Å². The van der Waals surface area contributed by atoms with E-state index in [0.717, 1.165) is 80.6 Å². The van der Waals surface area contributed by atoms with Crippen molar-refractivity contribution in [3.63, 3.8) is 0 Å². The van der Waals surface area contributed by atoms with Gasteiger partial charge in [0.05, 0.1) is 22.8 Å². The maximum absolute atomic E-state index is 5.68. The molecule has 2 aromatic rings. The minimum absolute atomic E-state index is 0. The number of aryl methyl sites for hydroxylation is 2. The molecule has 0 saturated carbocycles. The topological polar surface area (TPSA) is 24.7 Å². The van der Waals surface area contributed by atoms with Crippen molar-refractivity contribution in [3.8, 4) is 23.7 Å². The van der Waals surface area contributed by atoms with Gasteiger partial charge in [-0.25, -0.2) is 4.99 Å². The quantitative estimate of drug-likeness (QED) is 0.0273. The maximum Gasteiger partial charge on any atom is 2.00 e. The van der Waals surface area contributed by atoms with E-state index in [9.17, 15) is 0 Å². The molecule has 0 N–H and O–H groups in total. The molecule has 0 amide bonds. The predicted octanol–water partition coefficient (Wildman–Crippen LogP) is 32.0. The van der Waals surface area contributed by atoms with Crippen LogP contribution in [0.15, 0.2) is 70.7 Å². The van der Waals surface area contributed by atoms with Crippen molar-refractivity contribution in [1.82, 2.24) is 0 Å². The Hall–Kier alpha value is -2.87. The van der Waals surface area contributed by atoms with E-state index in [0.29, 0.717) is 0 Å². The summed E-state index contributed by atoms with van der Waals surface area (Å²) in [6.45, 7) is 9.23. The van der Waals surface area contributed by atoms with Crippen LogP contribution in [0.1, 0.15) is 463 Å². The average molecular weight is 1350 g/mol. The van der Waals surface area contributed by atoms with Gasteiger partial charge < -0.3 is 0 Å². The second-order valence-corrected chi connectivity index (χ2v) is 29.3. The average Bonchev–Trinajstić information content (AvgIpc) is 1.05. The summed E-state index contributed by atoms with van der Waals surface area (Å²) in [4.78, 5) is 11.3. The number of aliphatic imine (C=N–C) groups is 2. The van der Waals surface area contributed by atoms with E-state index in [4.69, 9.17) is 9.98 Å². The van der Waals surface area contributed by atoms with Gasteiger partial charge in [-0.15, -0.1) is 23.7 Å². The van der Waals surface area contributed by atoms with Crippen molar-refractivity contribution in [2.75, 3.05) is 0 Å². The molecule has 0 unspecified atom stereocenters. The van der Waals surface area contributed by atoms with Gasteiger partial charge in [-0.1, -0.05) is 430 Å². The number of nitrogens with zero attached hydrogens (tertiary/aromatic N) is 2. The maximum atomic E-state index is 5.68. The Morgan fingerprint density at radius 1 is 0.274 bits per heavy atom. The Morgan fingerprint density at radius 2 is 0.516 bits per heavy atom. The van der Waals surface area contributed by atoms with Crippen LogP contribution in [0.3, 0.4) is 0 Å². The number of unbranched alkanes of at least 4 members (excludes halogenated alkanes) is 59. The van der Waals surface area contributed by atoms with Crippen LogP contribution < -0.4 is 0 Å². The van der Waals surface area contributed by atoms with E-state index < -0.39 is 0 Å². The van der Waals surface area contributed by atoms with Crippen molar-refractivity contribution in [2.45, 2.75) is 464 Å². The van der Waals surface area contributed by atoms with Gasteiger partial charge in [-0.05, 0) is 80.7 Å². The molecule has 0 heterocycles. The molecule has 3 heteroatoms. The Kier molecular flexibility index (Phi) is 71.5. The summed E-state index contributed by atoms with van der Waals surface area (Å²) in [7, 11) is 0. The molecule has 0 aliphatic heterocycles. The molecule has 0 aromatic heterocycles. The number of hydrogen-bond acceptors (Lipinski definition) is 2. The molecule has 2 aromatic carbocycles. The molecule has 0 fully saturated rings. The molecule has 0 radical (unpaired) electrons. The standard InChI is InChI=1S/C92H158N2.Ni/c1-5-9-13-17-21-25-29-31-33-35-37-39-41-42-43-44-45-46-48-50-52-54-56-58-62-66-70-74-86-92(94-90-84-78-76-82-88(90)80-72-68-64-60-28-24-20-16-12-8-4)91(93-89-83-77-75-81-87(89)79-71-67-63-59-27-23-19-15-11-7-3)85-73-69-65-61-57-55-53-51-49-47-40-38-36-34-32-30-26-22-18-14-10-6-2;/h73,75-78,81-85H,5-62,65-66,69-72,74,79-80,86H2,1-4H3;/q;+2/b85-73+,93-91?,94-92?;. The van der Waals surface area contributed by atoms with Crippen LogP contribution in [0.5, 0.6) is 0 Å². The summed E-state index contributed by atoms with van der Waals surface area (Å²) >= 11 is 0. The summed E-state index contributed by atoms with van der Waals surface area (Å²) in [5, 5.41) is 0. The van der Waals surface area contributed by atoms with Crippen molar-refractivity contribution >= 4 is 22.8 Å². The molecule has 0 aliphatic rings. The number of rotatable bonds is 70. The third-order valence-electron chi connectivity index (χ3n) is 20.1. The first kappa shape index (κ1) is 90.1. The Bertz CT molecular complexity index is 2120. The van der Waals surface area contributed by atoms with Gasteiger partial charge in [-0.3, -0.25) is 4.99 Å². The fourth-order valence-corrected chi connectivity index (χ4v) is 13.8. The van der Waals surface area contributed by atoms with Gasteiger partial charge in [0.1, 0.15) is 0 Å². The Morgan fingerprint density at radius 3 is 0.821 bits per heavy atom. The van der Waals surface area contributed by atoms with Gasteiger partial charge >= 0.3 is 16.5 Å². The van der Waals surface area contributed by atoms with Crippen molar-refractivity contribution < 1.29 is 16.5 Å². The van der Waals surface area contributed by atoms with Crippen LogP contribution in [-0.2, 0) is 29.3 Å². The minimum Gasteiger partial charge on any atom is -0.251 e. The Balaban J connectivity index is 0.0000451. The van der Waals surface area contributed by atoms with Gasteiger partial charge in [-0.2, -0.15) is 0 Å². The van der Waals surface area contributed by atoms with Gasteiger partial charge in [0.25, 0.3) is 0 Å². The predicted molar refractivity (Wildman–Crippen MR) is 427 cm³/mol. The van der Waals surface area contributed by atoms with Crippen molar-refractivity contribution in [2.24, 2.45) is 9.98 Å². The molecule has 2 nitrogen and oxygen atoms in total. The Labute approximate surface area is 605 Å². The number of benzene rings is 2. The van der Waals surface area contributed by atoms with Crippen LogP contribution in [0, 0.1) is 23.7 Å². The first-order valence-electron chi connectivity index (χ1n) is 42.6. The van der Waals surface area contributed by atoms with Crippen molar-refractivity contribution in [1.29, 1.82) is 0 Å². The summed E-state index contributed by atoms with van der Waals surface area (Å²) in [6, 6.07) is 17.8. The second-order valence-electron chi connectivity index (χ2n) is 29.3. The normalized spacial score (nSPS) is 11.7. The van der Waals surface area contributed by atoms with E-state index in [-0.39, 0.29) is 16.5 Å². The van der Waals surface area contributed by atoms with Crippen LogP contribution in [0.2, 0.25) is 0 Å². The van der Waals surface area contributed by atoms with Crippen LogP contribution in [-0.4, -0.2) is 11.4 Å². The van der Waals surface area contributed by atoms with E-state index in [1.807, 2.05) is 0 Å². The third kappa shape index (κ3) is 60.8. The SMILES string of the molecule is CCCCCCCCC#CCCc1ccccc1N=C(/C=C/CCCCCCCCCCCCCCCCCCCCCC)C(CCCCCCCCCCCCCCCCCCCCCCCCCCCCCC)=Nc1ccccc1CCC#CCCCCCCCC.[Ni+2]. The second kappa shape index (κ2) is 75.3. The zero-order valence-corrected chi connectivity index (χ0v) is 65.1. The number of para-hydroxylation sites is 2. The van der Waals surface area contributed by atoms with Gasteiger partial charge in [0.2, 0.25) is 0 Å². The molecular formula is C92H158N2Ni+2. The third-order valence-corrected chi connectivity index (χ3v) is 20.1. The molecular weight excluding hydrogens is 1190 g/mol. The molecule has 0 bridgehead atoms. The van der Waals surface area contributed by atoms with E-state index >= 15 is 0 Å². The van der Waals surface area contributed by atoms with Crippen LogP contribution >= 0.6 is 0 Å². The van der Waals surface area contributed by atoms with Gasteiger partial charge in [0, 0.05) is 25.7 Å². The molecule has 544 valence electrons. The zero-order valence-electron chi connectivity index (χ0n) is 64.1. The molecule has 0 saturated heterocycles. The zero-order chi connectivity index (χ0) is 66.9. The van der Waals surface area contributed by atoms with E-state index in [1.54, 1.807) is 0 Å². The minimum atomic E-state index is 0. The number of hydrogen-bond donors (Lipinski definition) is 0. The largest absolute Gasteiger partial charge is 2.00 e. The first-order valence-corrected chi connectivity index (χ1v) is 42.6. The summed E-state index contributed by atoms with van der Waals surface area (Å²) in [5.41, 5.74) is 6.96. The van der Waals surface area contributed by atoms with Gasteiger partial charge in [0.15, 0.2) is 0 Å².